The van der Waals surface area contributed by atoms with E-state index in [1.165, 1.54) is 16.7 Å². The molecule has 0 aliphatic carbocycles. The van der Waals surface area contributed by atoms with Gasteiger partial charge in [-0.25, -0.2) is 0 Å². The number of hydrogen-bond acceptors (Lipinski definition) is 3. The second-order valence-electron chi connectivity index (χ2n) is 4.40. The molecule has 4 heteroatoms. The highest BCUT2D eigenvalue weighted by Crippen LogP contribution is 2.25. The van der Waals surface area contributed by atoms with Crippen LogP contribution in [0.25, 0.3) is 5.57 Å². The summed E-state index contributed by atoms with van der Waals surface area (Å²) in [7, 11) is 1.71. The SMILES string of the molecule is C=C(CC(=O)N(C)c1ccc(SC)o1)c1ccccc1. The molecule has 0 aliphatic heterocycles. The minimum Gasteiger partial charge on any atom is -0.434 e. The van der Waals surface area contributed by atoms with Gasteiger partial charge in [-0.15, -0.1) is 0 Å². The van der Waals surface area contributed by atoms with Crippen LogP contribution >= 0.6 is 11.8 Å². The van der Waals surface area contributed by atoms with Crippen molar-refractivity contribution >= 4 is 29.1 Å². The molecule has 0 saturated heterocycles. The quantitative estimate of drug-likeness (QED) is 0.777. The number of amides is 1. The lowest BCUT2D eigenvalue weighted by Crippen LogP contribution is -2.25. The van der Waals surface area contributed by atoms with Gasteiger partial charge in [0.05, 0.1) is 6.42 Å². The van der Waals surface area contributed by atoms with Crippen molar-refractivity contribution in [3.8, 4) is 0 Å². The van der Waals surface area contributed by atoms with E-state index in [-0.39, 0.29) is 12.3 Å². The first-order valence-corrected chi connectivity index (χ1v) is 7.48. The molecule has 0 bridgehead atoms. The zero-order valence-corrected chi connectivity index (χ0v) is 12.4. The molecule has 2 rings (SSSR count). The zero-order valence-electron chi connectivity index (χ0n) is 11.6. The Bertz CT molecular complexity index is 604. The van der Waals surface area contributed by atoms with E-state index < -0.39 is 0 Å². The summed E-state index contributed by atoms with van der Waals surface area (Å²) in [6.45, 7) is 3.98. The molecule has 0 unspecified atom stereocenters. The van der Waals surface area contributed by atoms with Crippen molar-refractivity contribution in [2.75, 3.05) is 18.2 Å². The van der Waals surface area contributed by atoms with Crippen molar-refractivity contribution in [2.45, 2.75) is 11.5 Å². The van der Waals surface area contributed by atoms with Gasteiger partial charge in [-0.3, -0.25) is 9.69 Å². The molecule has 3 nitrogen and oxygen atoms in total. The Morgan fingerprint density at radius 2 is 1.95 bits per heavy atom. The van der Waals surface area contributed by atoms with Crippen LogP contribution in [0.15, 0.2) is 58.6 Å². The van der Waals surface area contributed by atoms with E-state index in [1.54, 1.807) is 13.1 Å². The van der Waals surface area contributed by atoms with Gasteiger partial charge in [0.1, 0.15) is 0 Å². The van der Waals surface area contributed by atoms with Crippen molar-refractivity contribution in [3.63, 3.8) is 0 Å². The Balaban J connectivity index is 2.02. The van der Waals surface area contributed by atoms with Gasteiger partial charge in [-0.1, -0.05) is 48.7 Å². The summed E-state index contributed by atoms with van der Waals surface area (Å²) in [5.41, 5.74) is 1.79. The number of benzene rings is 1. The summed E-state index contributed by atoms with van der Waals surface area (Å²) < 4.78 is 5.54. The number of hydrogen-bond donors (Lipinski definition) is 0. The Morgan fingerprint density at radius 3 is 2.55 bits per heavy atom. The van der Waals surface area contributed by atoms with Gasteiger partial charge in [0, 0.05) is 13.1 Å². The minimum absolute atomic E-state index is 0.0409. The first kappa shape index (κ1) is 14.5. The largest absolute Gasteiger partial charge is 0.434 e. The van der Waals surface area contributed by atoms with Crippen molar-refractivity contribution < 1.29 is 9.21 Å². The van der Waals surface area contributed by atoms with Gasteiger partial charge >= 0.3 is 0 Å². The van der Waals surface area contributed by atoms with Gasteiger partial charge < -0.3 is 4.42 Å². The molecule has 0 fully saturated rings. The van der Waals surface area contributed by atoms with E-state index >= 15 is 0 Å². The van der Waals surface area contributed by atoms with Crippen LogP contribution in [0.5, 0.6) is 0 Å². The average molecular weight is 287 g/mol. The highest BCUT2D eigenvalue weighted by Gasteiger charge is 2.16. The molecule has 0 N–H and O–H groups in total. The second-order valence-corrected chi connectivity index (χ2v) is 5.21. The maximum atomic E-state index is 12.2. The fourth-order valence-electron chi connectivity index (χ4n) is 1.80. The second kappa shape index (κ2) is 6.48. The number of nitrogens with zero attached hydrogens (tertiary/aromatic N) is 1. The van der Waals surface area contributed by atoms with Crippen molar-refractivity contribution in [1.82, 2.24) is 0 Å². The molecule has 104 valence electrons. The maximum Gasteiger partial charge on any atom is 0.233 e. The standard InChI is InChI=1S/C16H17NO2S/c1-12(13-7-5-4-6-8-13)11-14(18)17(2)15-9-10-16(19-15)20-3/h4-10H,1,11H2,2-3H3. The smallest absolute Gasteiger partial charge is 0.233 e. The summed E-state index contributed by atoms with van der Waals surface area (Å²) >= 11 is 1.51. The predicted molar refractivity (Wildman–Crippen MR) is 84.0 cm³/mol. The van der Waals surface area contributed by atoms with E-state index in [9.17, 15) is 4.79 Å². The van der Waals surface area contributed by atoms with Crippen molar-refractivity contribution in [3.05, 3.63) is 54.6 Å². The Morgan fingerprint density at radius 1 is 1.25 bits per heavy atom. The summed E-state index contributed by atoms with van der Waals surface area (Å²) in [5, 5.41) is 0.793. The summed E-state index contributed by atoms with van der Waals surface area (Å²) in [4.78, 5) is 13.7. The lowest BCUT2D eigenvalue weighted by Gasteiger charge is -2.15. The molecule has 0 aliphatic rings. The number of thioether (sulfide) groups is 1. The van der Waals surface area contributed by atoms with Gasteiger partial charge in [-0.2, -0.15) is 0 Å². The molecular weight excluding hydrogens is 270 g/mol. The monoisotopic (exact) mass is 287 g/mol. The molecular formula is C16H17NO2S. The molecule has 20 heavy (non-hydrogen) atoms. The molecule has 1 heterocycles. The van der Waals surface area contributed by atoms with Gasteiger partial charge in [0.15, 0.2) is 5.09 Å². The third-order valence-corrected chi connectivity index (χ3v) is 3.64. The number of carbonyl (C=O) groups excluding carboxylic acids is 1. The minimum atomic E-state index is -0.0409. The molecule has 0 saturated carbocycles. The lowest BCUT2D eigenvalue weighted by atomic mass is 10.0. The Hall–Kier alpha value is -1.94. The van der Waals surface area contributed by atoms with Crippen molar-refractivity contribution in [1.29, 1.82) is 0 Å². The normalized spacial score (nSPS) is 10.3. The fraction of sp³-hybridized carbons (Fsp3) is 0.188. The number of carbonyl (C=O) groups is 1. The van der Waals surface area contributed by atoms with Gasteiger partial charge in [0.25, 0.3) is 0 Å². The van der Waals surface area contributed by atoms with E-state index in [2.05, 4.69) is 6.58 Å². The van der Waals surface area contributed by atoms with Crippen LogP contribution in [0.1, 0.15) is 12.0 Å². The molecule has 1 amide bonds. The van der Waals surface area contributed by atoms with E-state index in [0.29, 0.717) is 5.88 Å². The van der Waals surface area contributed by atoms with Crippen molar-refractivity contribution in [2.24, 2.45) is 0 Å². The van der Waals surface area contributed by atoms with Crippen LogP contribution in [0, 0.1) is 0 Å². The molecule has 1 aromatic heterocycles. The number of anilines is 1. The predicted octanol–water partition coefficient (Wildman–Crippen LogP) is 4.07. The molecule has 1 aromatic carbocycles. The highest BCUT2D eigenvalue weighted by atomic mass is 32.2. The van der Waals surface area contributed by atoms with Gasteiger partial charge in [0.2, 0.25) is 11.8 Å². The zero-order chi connectivity index (χ0) is 14.5. The van der Waals surface area contributed by atoms with Crippen LogP contribution in [-0.2, 0) is 4.79 Å². The summed E-state index contributed by atoms with van der Waals surface area (Å²) in [6.07, 6.45) is 2.21. The fourth-order valence-corrected chi connectivity index (χ4v) is 2.17. The Kier molecular flexibility index (Phi) is 4.69. The molecule has 0 radical (unpaired) electrons. The van der Waals surface area contributed by atoms with E-state index in [0.717, 1.165) is 16.2 Å². The first-order chi connectivity index (χ1) is 9.61. The third kappa shape index (κ3) is 3.33. The van der Waals surface area contributed by atoms with E-state index in [1.807, 2.05) is 42.7 Å². The van der Waals surface area contributed by atoms with Crippen LogP contribution in [0.2, 0.25) is 0 Å². The summed E-state index contributed by atoms with van der Waals surface area (Å²) in [6, 6.07) is 13.4. The van der Waals surface area contributed by atoms with Crippen LogP contribution in [0.4, 0.5) is 5.88 Å². The van der Waals surface area contributed by atoms with Crippen LogP contribution in [0.3, 0.4) is 0 Å². The van der Waals surface area contributed by atoms with Gasteiger partial charge in [-0.05, 0) is 23.5 Å². The third-order valence-electron chi connectivity index (χ3n) is 3.02. The van der Waals surface area contributed by atoms with Crippen LogP contribution in [-0.4, -0.2) is 19.2 Å². The van der Waals surface area contributed by atoms with E-state index in [4.69, 9.17) is 4.42 Å². The lowest BCUT2D eigenvalue weighted by molar-refractivity contribution is -0.117. The number of rotatable bonds is 5. The topological polar surface area (TPSA) is 33.5 Å². The summed E-state index contributed by atoms with van der Waals surface area (Å²) in [5.74, 6) is 0.515. The molecule has 0 spiro atoms. The average Bonchev–Trinajstić information content (AvgIpc) is 2.96. The van der Waals surface area contributed by atoms with Crippen LogP contribution < -0.4 is 4.90 Å². The highest BCUT2D eigenvalue weighted by molar-refractivity contribution is 7.98. The first-order valence-electron chi connectivity index (χ1n) is 6.25. The Labute approximate surface area is 123 Å². The molecule has 0 atom stereocenters. The maximum absolute atomic E-state index is 12.2. The number of furan rings is 1. The molecule has 2 aromatic rings.